The van der Waals surface area contributed by atoms with Gasteiger partial charge in [-0.15, -0.1) is 0 Å². The average molecular weight is 347 g/mol. The van der Waals surface area contributed by atoms with Gasteiger partial charge in [-0.2, -0.15) is 0 Å². The van der Waals surface area contributed by atoms with Crippen LogP contribution in [-0.2, 0) is 24.3 Å². The maximum absolute atomic E-state index is 13.5. The molecule has 6 nitrogen and oxygen atoms in total. The summed E-state index contributed by atoms with van der Waals surface area (Å²) in [7, 11) is 1.59. The summed E-state index contributed by atoms with van der Waals surface area (Å²) in [5.74, 6) is 0.289. The molecule has 0 saturated carbocycles. The van der Waals surface area contributed by atoms with Gasteiger partial charge in [0.2, 0.25) is 5.88 Å². The molecule has 25 heavy (non-hydrogen) atoms. The van der Waals surface area contributed by atoms with E-state index in [0.717, 1.165) is 24.2 Å². The van der Waals surface area contributed by atoms with Crippen LogP contribution in [0.15, 0.2) is 30.6 Å². The number of fused-ring (bicyclic) bond motifs is 1. The Kier molecular flexibility index (Phi) is 5.91. The van der Waals surface area contributed by atoms with E-state index in [1.807, 2.05) is 0 Å². The molecule has 0 fully saturated rings. The fourth-order valence-corrected chi connectivity index (χ4v) is 2.97. The number of halogens is 1. The van der Waals surface area contributed by atoms with Crippen LogP contribution < -0.4 is 4.74 Å². The van der Waals surface area contributed by atoms with Crippen molar-refractivity contribution in [3.05, 3.63) is 53.2 Å². The molecule has 0 bridgehead atoms. The van der Waals surface area contributed by atoms with E-state index in [1.54, 1.807) is 25.3 Å². The zero-order valence-corrected chi connectivity index (χ0v) is 14.2. The molecule has 1 aromatic carbocycles. The number of β-amino-alcohol motifs (C(OH)–C–C–N with tert-alkyl or cyclic N) is 1. The Labute approximate surface area is 146 Å². The number of aliphatic hydroxyl groups excluding tert-OH is 1. The number of methoxy groups -OCH3 is 1. The lowest BCUT2D eigenvalue weighted by molar-refractivity contribution is 0.00673. The van der Waals surface area contributed by atoms with Crippen molar-refractivity contribution in [2.75, 3.05) is 26.8 Å². The third-order valence-electron chi connectivity index (χ3n) is 4.23. The molecule has 0 amide bonds. The summed E-state index contributed by atoms with van der Waals surface area (Å²) in [6.07, 6.45) is 1.65. The van der Waals surface area contributed by atoms with Crippen molar-refractivity contribution < 1.29 is 19.0 Å². The Morgan fingerprint density at radius 3 is 2.96 bits per heavy atom. The van der Waals surface area contributed by atoms with Crippen LogP contribution >= 0.6 is 0 Å². The lowest BCUT2D eigenvalue weighted by atomic mass is 10.1. The van der Waals surface area contributed by atoms with Crippen LogP contribution in [0.5, 0.6) is 5.88 Å². The summed E-state index contributed by atoms with van der Waals surface area (Å²) in [6, 6.07) is 6.48. The second kappa shape index (κ2) is 8.33. The van der Waals surface area contributed by atoms with Gasteiger partial charge < -0.3 is 14.6 Å². The first-order valence-electron chi connectivity index (χ1n) is 8.25. The lowest BCUT2D eigenvalue weighted by Crippen LogP contribution is -2.38. The molecule has 2 aromatic rings. The Morgan fingerprint density at radius 1 is 1.32 bits per heavy atom. The summed E-state index contributed by atoms with van der Waals surface area (Å²) in [5, 5.41) is 10.2. The Morgan fingerprint density at radius 2 is 2.16 bits per heavy atom. The minimum Gasteiger partial charge on any atom is -0.481 e. The van der Waals surface area contributed by atoms with Crippen LogP contribution in [0.1, 0.15) is 16.8 Å². The summed E-state index contributed by atoms with van der Waals surface area (Å²) in [5.41, 5.74) is 2.45. The molecule has 0 saturated heterocycles. The molecule has 134 valence electrons. The Balaban J connectivity index is 1.49. The maximum Gasteiger partial charge on any atom is 0.220 e. The van der Waals surface area contributed by atoms with Gasteiger partial charge in [0.25, 0.3) is 0 Å². The quantitative estimate of drug-likeness (QED) is 0.820. The van der Waals surface area contributed by atoms with Crippen LogP contribution in [0.2, 0.25) is 0 Å². The molecule has 1 aliphatic rings. The first-order chi connectivity index (χ1) is 12.2. The third kappa shape index (κ3) is 4.50. The number of rotatable bonds is 7. The number of aromatic nitrogens is 2. The standard InChI is InChI=1S/C18H22FN3O3/c1-24-18-15-9-22(7-6-17(15)20-12-21-18)8-14(23)11-25-10-13-4-2-3-5-16(13)19/h2-5,12,14,23H,6-11H2,1H3/t14-/m0/s1. The molecule has 7 heteroatoms. The van der Waals surface area contributed by atoms with E-state index in [-0.39, 0.29) is 19.0 Å². The fourth-order valence-electron chi connectivity index (χ4n) is 2.97. The predicted molar refractivity (Wildman–Crippen MR) is 89.6 cm³/mol. The minimum atomic E-state index is -0.649. The van der Waals surface area contributed by atoms with E-state index in [0.29, 0.717) is 24.5 Å². The van der Waals surface area contributed by atoms with Gasteiger partial charge in [0.05, 0.1) is 32.1 Å². The predicted octanol–water partition coefficient (Wildman–Crippen LogP) is 1.56. The van der Waals surface area contributed by atoms with E-state index in [2.05, 4.69) is 14.9 Å². The molecule has 1 aliphatic heterocycles. The van der Waals surface area contributed by atoms with Gasteiger partial charge in [-0.3, -0.25) is 4.90 Å². The van der Waals surface area contributed by atoms with Crippen LogP contribution in [0.25, 0.3) is 0 Å². The molecular formula is C18H22FN3O3. The molecule has 1 aromatic heterocycles. The van der Waals surface area contributed by atoms with Gasteiger partial charge in [-0.05, 0) is 6.07 Å². The molecule has 1 N–H and O–H groups in total. The van der Waals surface area contributed by atoms with Crippen LogP contribution in [0.4, 0.5) is 4.39 Å². The summed E-state index contributed by atoms with van der Waals surface area (Å²) >= 11 is 0. The summed E-state index contributed by atoms with van der Waals surface area (Å²) in [6.45, 7) is 2.20. The van der Waals surface area contributed by atoms with Crippen LogP contribution in [-0.4, -0.2) is 52.9 Å². The Bertz CT molecular complexity index is 699. The molecule has 2 heterocycles. The van der Waals surface area contributed by atoms with Gasteiger partial charge in [0.1, 0.15) is 12.1 Å². The van der Waals surface area contributed by atoms with E-state index < -0.39 is 6.10 Å². The first-order valence-corrected chi connectivity index (χ1v) is 8.25. The number of nitrogens with zero attached hydrogens (tertiary/aromatic N) is 3. The van der Waals surface area contributed by atoms with E-state index >= 15 is 0 Å². The highest BCUT2D eigenvalue weighted by Crippen LogP contribution is 2.24. The summed E-state index contributed by atoms with van der Waals surface area (Å²) in [4.78, 5) is 10.5. The Hall–Kier alpha value is -2.09. The molecule has 0 aliphatic carbocycles. The van der Waals surface area contributed by atoms with Crippen LogP contribution in [0.3, 0.4) is 0 Å². The van der Waals surface area contributed by atoms with Gasteiger partial charge in [-0.25, -0.2) is 14.4 Å². The molecule has 3 rings (SSSR count). The number of ether oxygens (including phenoxy) is 2. The zero-order valence-electron chi connectivity index (χ0n) is 14.2. The van der Waals surface area contributed by atoms with Crippen molar-refractivity contribution in [3.8, 4) is 5.88 Å². The lowest BCUT2D eigenvalue weighted by Gasteiger charge is -2.30. The SMILES string of the molecule is COc1ncnc2c1CN(C[C@H](O)COCc1ccccc1F)CC2. The van der Waals surface area contributed by atoms with Crippen molar-refractivity contribution in [1.29, 1.82) is 0 Å². The fraction of sp³-hybridized carbons (Fsp3) is 0.444. The first kappa shape index (κ1) is 17.7. The molecular weight excluding hydrogens is 325 g/mol. The molecule has 0 spiro atoms. The molecule has 1 atom stereocenters. The van der Waals surface area contributed by atoms with E-state index in [1.165, 1.54) is 12.4 Å². The van der Waals surface area contributed by atoms with Crippen molar-refractivity contribution in [1.82, 2.24) is 14.9 Å². The van der Waals surface area contributed by atoms with E-state index in [9.17, 15) is 9.50 Å². The zero-order chi connectivity index (χ0) is 17.6. The second-order valence-corrected chi connectivity index (χ2v) is 6.05. The van der Waals surface area contributed by atoms with Gasteiger partial charge in [0.15, 0.2) is 0 Å². The number of benzene rings is 1. The smallest absolute Gasteiger partial charge is 0.220 e. The maximum atomic E-state index is 13.5. The highest BCUT2D eigenvalue weighted by atomic mass is 19.1. The number of hydrogen-bond acceptors (Lipinski definition) is 6. The van der Waals surface area contributed by atoms with Crippen molar-refractivity contribution in [2.24, 2.45) is 0 Å². The van der Waals surface area contributed by atoms with E-state index in [4.69, 9.17) is 9.47 Å². The van der Waals surface area contributed by atoms with Crippen molar-refractivity contribution in [2.45, 2.75) is 25.7 Å². The number of hydrogen-bond donors (Lipinski definition) is 1. The minimum absolute atomic E-state index is 0.147. The van der Waals surface area contributed by atoms with Crippen molar-refractivity contribution in [3.63, 3.8) is 0 Å². The van der Waals surface area contributed by atoms with Crippen LogP contribution in [0, 0.1) is 5.82 Å². The normalized spacial score (nSPS) is 15.6. The average Bonchev–Trinajstić information content (AvgIpc) is 2.62. The molecule has 0 unspecified atom stereocenters. The molecule has 0 radical (unpaired) electrons. The van der Waals surface area contributed by atoms with Gasteiger partial charge >= 0.3 is 0 Å². The topological polar surface area (TPSA) is 67.7 Å². The van der Waals surface area contributed by atoms with Gasteiger partial charge in [-0.1, -0.05) is 18.2 Å². The highest BCUT2D eigenvalue weighted by molar-refractivity contribution is 5.31. The summed E-state index contributed by atoms with van der Waals surface area (Å²) < 4.78 is 24.3. The number of aliphatic hydroxyl groups is 1. The second-order valence-electron chi connectivity index (χ2n) is 6.05. The third-order valence-corrected chi connectivity index (χ3v) is 4.23. The van der Waals surface area contributed by atoms with Crippen molar-refractivity contribution >= 4 is 0 Å². The largest absolute Gasteiger partial charge is 0.481 e. The highest BCUT2D eigenvalue weighted by Gasteiger charge is 2.23. The van der Waals surface area contributed by atoms with Gasteiger partial charge in [0, 0.05) is 37.2 Å². The monoisotopic (exact) mass is 347 g/mol.